The number of nitrogens with one attached hydrogen (secondary N) is 1. The zero-order chi connectivity index (χ0) is 14.6. The van der Waals surface area contributed by atoms with Gasteiger partial charge in [0.15, 0.2) is 5.60 Å². The van der Waals surface area contributed by atoms with Gasteiger partial charge in [-0.2, -0.15) is 0 Å². The van der Waals surface area contributed by atoms with Gasteiger partial charge in [0.2, 0.25) is 6.36 Å². The molecule has 1 aromatic heterocycles. The molecule has 3 atom stereocenters. The van der Waals surface area contributed by atoms with Gasteiger partial charge in [-0.1, -0.05) is 0 Å². The van der Waals surface area contributed by atoms with E-state index in [1.165, 1.54) is 6.92 Å². The Morgan fingerprint density at radius 3 is 2.68 bits per heavy atom. The number of aromatic nitrogens is 2. The van der Waals surface area contributed by atoms with E-state index in [4.69, 9.17) is 26.6 Å². The van der Waals surface area contributed by atoms with E-state index in [0.717, 1.165) is 16.8 Å². The van der Waals surface area contributed by atoms with Gasteiger partial charge in [0.25, 0.3) is 5.56 Å². The summed E-state index contributed by atoms with van der Waals surface area (Å²) in [6, 6.07) is 1.08. The van der Waals surface area contributed by atoms with Crippen LogP contribution >= 0.6 is 11.6 Å². The fourth-order valence-electron chi connectivity index (χ4n) is 1.42. The zero-order valence-electron chi connectivity index (χ0n) is 10.0. The lowest BCUT2D eigenvalue weighted by Crippen LogP contribution is -2.50. The molecule has 0 saturated carbocycles. The molecule has 1 heterocycles. The maximum absolute atomic E-state index is 13.1. The maximum Gasteiger partial charge on any atom is 0.330 e. The lowest BCUT2D eigenvalue weighted by molar-refractivity contribution is -0.215. The highest BCUT2D eigenvalue weighted by atomic mass is 35.5. The summed E-state index contributed by atoms with van der Waals surface area (Å²) in [6.45, 7) is 0.496. The van der Waals surface area contributed by atoms with E-state index >= 15 is 0 Å². The quantitative estimate of drug-likeness (QED) is 0.604. The van der Waals surface area contributed by atoms with Gasteiger partial charge < -0.3 is 14.9 Å². The molecule has 0 aromatic carbocycles. The van der Waals surface area contributed by atoms with Crippen LogP contribution in [0.4, 0.5) is 4.39 Å². The second kappa shape index (κ2) is 6.29. The molecule has 0 aliphatic carbocycles. The standard InChI is InChI=1S/C10H14ClFN2O5/c1-6(14-3-2-7(16)13-9(14)18)19-10(4-11,5-15)8(12)17/h2-3,6,8,15,17H,4-5H2,1H3,(H,13,16,18)/t6-,8-,10?/m1/s1. The first-order chi connectivity index (χ1) is 8.86. The molecular formula is C10H14ClFN2O5. The van der Waals surface area contributed by atoms with Crippen LogP contribution in [0.15, 0.2) is 21.9 Å². The summed E-state index contributed by atoms with van der Waals surface area (Å²) in [4.78, 5) is 24.4. The average Bonchev–Trinajstić information content (AvgIpc) is 2.35. The largest absolute Gasteiger partial charge is 0.393 e. The number of aliphatic hydroxyl groups excluding tert-OH is 2. The molecular weight excluding hydrogens is 283 g/mol. The van der Waals surface area contributed by atoms with Gasteiger partial charge in [-0.3, -0.25) is 14.3 Å². The lowest BCUT2D eigenvalue weighted by atomic mass is 10.1. The Morgan fingerprint density at radius 2 is 2.26 bits per heavy atom. The Hall–Kier alpha value is -1.22. The fraction of sp³-hybridized carbons (Fsp3) is 0.600. The van der Waals surface area contributed by atoms with Crippen molar-refractivity contribution in [2.45, 2.75) is 25.1 Å². The molecule has 19 heavy (non-hydrogen) atoms. The van der Waals surface area contributed by atoms with E-state index in [2.05, 4.69) is 0 Å². The van der Waals surface area contributed by atoms with Crippen molar-refractivity contribution in [3.05, 3.63) is 33.1 Å². The monoisotopic (exact) mass is 296 g/mol. The van der Waals surface area contributed by atoms with Crippen molar-refractivity contribution in [1.29, 1.82) is 0 Å². The fourth-order valence-corrected chi connectivity index (χ4v) is 1.69. The summed E-state index contributed by atoms with van der Waals surface area (Å²) in [5.41, 5.74) is -3.41. The van der Waals surface area contributed by atoms with E-state index in [0.29, 0.717) is 0 Å². The van der Waals surface area contributed by atoms with Crippen molar-refractivity contribution in [2.75, 3.05) is 12.5 Å². The molecule has 0 amide bonds. The summed E-state index contributed by atoms with van der Waals surface area (Å²) in [6.07, 6.45) is -2.44. The molecule has 108 valence electrons. The predicted octanol–water partition coefficient (Wildman–Crippen LogP) is -0.671. The van der Waals surface area contributed by atoms with Gasteiger partial charge in [0, 0.05) is 12.3 Å². The van der Waals surface area contributed by atoms with Crippen LogP contribution in [-0.2, 0) is 4.74 Å². The molecule has 1 unspecified atom stereocenters. The molecule has 1 aromatic rings. The number of alkyl halides is 2. The first-order valence-corrected chi connectivity index (χ1v) is 5.88. The summed E-state index contributed by atoms with van der Waals surface area (Å²) in [5.74, 6) is -0.524. The highest BCUT2D eigenvalue weighted by molar-refractivity contribution is 6.18. The number of hydrogen-bond donors (Lipinski definition) is 3. The van der Waals surface area contributed by atoms with Crippen LogP contribution in [0.1, 0.15) is 13.2 Å². The minimum absolute atomic E-state index is 0.524. The Bertz CT molecular complexity index is 525. The van der Waals surface area contributed by atoms with Crippen LogP contribution in [0.2, 0.25) is 0 Å². The van der Waals surface area contributed by atoms with Gasteiger partial charge in [0.1, 0.15) is 6.23 Å². The number of aliphatic hydroxyl groups is 2. The molecule has 0 aliphatic heterocycles. The van der Waals surface area contributed by atoms with E-state index in [1.54, 1.807) is 0 Å². The van der Waals surface area contributed by atoms with E-state index in [1.807, 2.05) is 4.98 Å². The molecule has 3 N–H and O–H groups in total. The Balaban J connectivity index is 3.03. The SMILES string of the molecule is C[C@@H](OC(CO)(CCl)[C@@H](O)F)n1ccc(=O)[nH]c1=O. The summed E-state index contributed by atoms with van der Waals surface area (Å²) >= 11 is 5.49. The van der Waals surface area contributed by atoms with E-state index in [-0.39, 0.29) is 0 Å². The molecule has 0 bridgehead atoms. The lowest BCUT2D eigenvalue weighted by Gasteiger charge is -2.33. The van der Waals surface area contributed by atoms with Gasteiger partial charge in [0.05, 0.1) is 12.5 Å². The van der Waals surface area contributed by atoms with Crippen molar-refractivity contribution in [2.24, 2.45) is 0 Å². The topological polar surface area (TPSA) is 105 Å². The number of nitrogens with zero attached hydrogens (tertiary/aromatic N) is 1. The number of rotatable bonds is 6. The molecule has 0 radical (unpaired) electrons. The number of hydrogen-bond acceptors (Lipinski definition) is 5. The second-order valence-electron chi connectivity index (χ2n) is 3.93. The normalized spacial score (nSPS) is 17.7. The first kappa shape index (κ1) is 15.8. The summed E-state index contributed by atoms with van der Waals surface area (Å²) < 4.78 is 19.2. The van der Waals surface area contributed by atoms with Crippen molar-refractivity contribution in [3.63, 3.8) is 0 Å². The number of H-pyrrole nitrogens is 1. The molecule has 0 saturated heterocycles. The zero-order valence-corrected chi connectivity index (χ0v) is 10.8. The first-order valence-electron chi connectivity index (χ1n) is 5.34. The van der Waals surface area contributed by atoms with Gasteiger partial charge in [-0.05, 0) is 6.92 Å². The van der Waals surface area contributed by atoms with Crippen LogP contribution in [0.3, 0.4) is 0 Å². The number of halogens is 2. The minimum atomic E-state index is -2.53. The second-order valence-corrected chi connectivity index (χ2v) is 4.19. The Morgan fingerprint density at radius 1 is 1.63 bits per heavy atom. The maximum atomic E-state index is 13.1. The van der Waals surface area contributed by atoms with Crippen molar-refractivity contribution in [1.82, 2.24) is 9.55 Å². The smallest absolute Gasteiger partial charge is 0.330 e. The van der Waals surface area contributed by atoms with Crippen molar-refractivity contribution in [3.8, 4) is 0 Å². The average molecular weight is 297 g/mol. The van der Waals surface area contributed by atoms with Crippen LogP contribution in [0.5, 0.6) is 0 Å². The Kier molecular flexibility index (Phi) is 5.24. The predicted molar refractivity (Wildman–Crippen MR) is 64.8 cm³/mol. The molecule has 1 rings (SSSR count). The van der Waals surface area contributed by atoms with Crippen LogP contribution in [0.25, 0.3) is 0 Å². The molecule has 9 heteroatoms. The van der Waals surface area contributed by atoms with Gasteiger partial charge in [-0.25, -0.2) is 9.18 Å². The molecule has 7 nitrogen and oxygen atoms in total. The molecule has 0 spiro atoms. The third-order valence-corrected chi connectivity index (χ3v) is 3.03. The van der Waals surface area contributed by atoms with Gasteiger partial charge in [-0.15, -0.1) is 11.6 Å². The van der Waals surface area contributed by atoms with Crippen LogP contribution < -0.4 is 11.2 Å². The van der Waals surface area contributed by atoms with E-state index in [9.17, 15) is 14.0 Å². The summed E-state index contributed by atoms with van der Waals surface area (Å²) in [5, 5.41) is 18.1. The van der Waals surface area contributed by atoms with Crippen molar-refractivity contribution < 1.29 is 19.3 Å². The number of aromatic amines is 1. The van der Waals surface area contributed by atoms with Crippen LogP contribution in [-0.4, -0.2) is 44.2 Å². The Labute approximate surface area is 112 Å². The third-order valence-electron chi connectivity index (χ3n) is 2.58. The van der Waals surface area contributed by atoms with Crippen LogP contribution in [0, 0.1) is 0 Å². The van der Waals surface area contributed by atoms with Crippen molar-refractivity contribution >= 4 is 11.6 Å². The summed E-state index contributed by atoms with van der Waals surface area (Å²) in [7, 11) is 0. The molecule has 0 aliphatic rings. The van der Waals surface area contributed by atoms with E-state index < -0.39 is 41.9 Å². The third kappa shape index (κ3) is 3.41. The highest BCUT2D eigenvalue weighted by Crippen LogP contribution is 2.24. The highest BCUT2D eigenvalue weighted by Gasteiger charge is 2.40. The van der Waals surface area contributed by atoms with Gasteiger partial charge >= 0.3 is 5.69 Å². The number of ether oxygens (including phenoxy) is 1. The minimum Gasteiger partial charge on any atom is -0.393 e. The molecule has 0 fully saturated rings.